The van der Waals surface area contributed by atoms with E-state index in [4.69, 9.17) is 9.47 Å². The van der Waals surface area contributed by atoms with E-state index in [1.54, 1.807) is 55.5 Å². The molecule has 48 heavy (non-hydrogen) atoms. The first kappa shape index (κ1) is 38.1. The van der Waals surface area contributed by atoms with Gasteiger partial charge in [-0.25, -0.2) is 0 Å². The number of esters is 2. The van der Waals surface area contributed by atoms with E-state index < -0.39 is 35.2 Å². The highest BCUT2D eigenvalue weighted by atomic mass is 19.4. The van der Waals surface area contributed by atoms with E-state index in [-0.39, 0.29) is 11.9 Å². The molecule has 0 fully saturated rings. The lowest BCUT2D eigenvalue weighted by atomic mass is 9.82. The van der Waals surface area contributed by atoms with Gasteiger partial charge in [-0.05, 0) is 32.6 Å². The number of hydrogen-bond donors (Lipinski definition) is 0. The predicted octanol–water partition coefficient (Wildman–Crippen LogP) is 10.8. The van der Waals surface area contributed by atoms with Crippen LogP contribution in [-0.2, 0) is 30.3 Å². The molecule has 2 atom stereocenters. The summed E-state index contributed by atoms with van der Waals surface area (Å²) in [6.07, 6.45) is -3.29. The van der Waals surface area contributed by atoms with Gasteiger partial charge in [-0.3, -0.25) is 9.59 Å². The molecule has 7 heteroatoms. The first-order valence-corrected chi connectivity index (χ1v) is 16.6. The third kappa shape index (κ3) is 8.18. The standard InChI is InChI=1S/C21H23F3O2.C20H24O2/c1-4-19(3,21(22,23)24)18(25)26-20(5-2,16-12-8-6-9-13-16)17-14-10-7-11-15-17;1-4-16(3)19(21)22-20(5-2,17-12-8-6-9-13-17)18-14-10-7-11-15-18/h6-15H,4-5H2,1-3H3;6-16H,4-5H2,1-3H3. The molecule has 0 aromatic heterocycles. The van der Waals surface area contributed by atoms with E-state index in [0.717, 1.165) is 24.5 Å². The second-order valence-electron chi connectivity index (χ2n) is 12.1. The molecular weight excluding hydrogens is 613 g/mol. The smallest absolute Gasteiger partial charge is 0.404 e. The van der Waals surface area contributed by atoms with Gasteiger partial charge < -0.3 is 9.47 Å². The van der Waals surface area contributed by atoms with Gasteiger partial charge in [0.2, 0.25) is 0 Å². The number of halogens is 3. The van der Waals surface area contributed by atoms with Gasteiger partial charge in [0.25, 0.3) is 0 Å². The van der Waals surface area contributed by atoms with Crippen molar-refractivity contribution in [3.8, 4) is 0 Å². The van der Waals surface area contributed by atoms with Gasteiger partial charge in [0.15, 0.2) is 16.6 Å². The van der Waals surface area contributed by atoms with Crippen molar-refractivity contribution in [1.82, 2.24) is 0 Å². The van der Waals surface area contributed by atoms with E-state index in [0.29, 0.717) is 24.0 Å². The molecule has 0 aliphatic rings. The van der Waals surface area contributed by atoms with Crippen molar-refractivity contribution in [1.29, 1.82) is 0 Å². The number of hydrogen-bond acceptors (Lipinski definition) is 4. The van der Waals surface area contributed by atoms with Crippen LogP contribution in [0.5, 0.6) is 0 Å². The maximum Gasteiger partial charge on any atom is 0.404 e. The summed E-state index contributed by atoms with van der Waals surface area (Å²) in [5.74, 6) is -1.50. The molecule has 0 spiro atoms. The zero-order valence-corrected chi connectivity index (χ0v) is 28.7. The number of ether oxygens (including phenoxy) is 2. The van der Waals surface area contributed by atoms with Crippen LogP contribution in [-0.4, -0.2) is 18.1 Å². The largest absolute Gasteiger partial charge is 0.449 e. The van der Waals surface area contributed by atoms with Crippen LogP contribution in [0.3, 0.4) is 0 Å². The fourth-order valence-electron chi connectivity index (χ4n) is 5.53. The summed E-state index contributed by atoms with van der Waals surface area (Å²) in [4.78, 5) is 25.2. The van der Waals surface area contributed by atoms with Crippen molar-refractivity contribution >= 4 is 11.9 Å². The lowest BCUT2D eigenvalue weighted by Gasteiger charge is -2.38. The fourth-order valence-corrected chi connectivity index (χ4v) is 5.53. The van der Waals surface area contributed by atoms with Crippen molar-refractivity contribution in [3.63, 3.8) is 0 Å². The van der Waals surface area contributed by atoms with Gasteiger partial charge >= 0.3 is 18.1 Å². The molecule has 0 radical (unpaired) electrons. The Balaban J connectivity index is 0.000000264. The molecule has 0 amide bonds. The predicted molar refractivity (Wildman–Crippen MR) is 184 cm³/mol. The van der Waals surface area contributed by atoms with Gasteiger partial charge in [0.05, 0.1) is 5.92 Å². The fraction of sp³-hybridized carbons (Fsp3) is 0.366. The quantitative estimate of drug-likeness (QED) is 0.142. The number of carbonyl (C=O) groups excluding carboxylic acids is 2. The summed E-state index contributed by atoms with van der Waals surface area (Å²) in [7, 11) is 0. The Morgan fingerprint density at radius 3 is 1.12 bits per heavy atom. The van der Waals surface area contributed by atoms with Crippen LogP contribution in [0.1, 0.15) is 89.5 Å². The molecule has 4 rings (SSSR count). The average Bonchev–Trinajstić information content (AvgIpc) is 3.13. The summed E-state index contributed by atoms with van der Waals surface area (Å²) in [5.41, 5.74) is -1.24. The van der Waals surface area contributed by atoms with Crippen molar-refractivity contribution in [3.05, 3.63) is 144 Å². The van der Waals surface area contributed by atoms with E-state index in [9.17, 15) is 22.8 Å². The van der Waals surface area contributed by atoms with Crippen LogP contribution < -0.4 is 0 Å². The Morgan fingerprint density at radius 2 is 0.875 bits per heavy atom. The zero-order valence-electron chi connectivity index (χ0n) is 28.7. The number of benzene rings is 4. The molecular formula is C41H47F3O4. The summed E-state index contributed by atoms with van der Waals surface area (Å²) in [6.45, 7) is 10.0. The van der Waals surface area contributed by atoms with Gasteiger partial charge in [0.1, 0.15) is 0 Å². The lowest BCUT2D eigenvalue weighted by Crippen LogP contribution is -2.47. The van der Waals surface area contributed by atoms with Gasteiger partial charge in [-0.1, -0.05) is 156 Å². The minimum atomic E-state index is -4.69. The van der Waals surface area contributed by atoms with Crippen molar-refractivity contribution in [2.24, 2.45) is 11.3 Å². The van der Waals surface area contributed by atoms with E-state index in [2.05, 4.69) is 6.92 Å². The maximum atomic E-state index is 13.5. The Morgan fingerprint density at radius 1 is 0.562 bits per heavy atom. The Labute approximate surface area is 283 Å². The molecule has 0 saturated carbocycles. The Kier molecular flexibility index (Phi) is 13.2. The summed E-state index contributed by atoms with van der Waals surface area (Å²) < 4.78 is 52.4. The third-order valence-electron chi connectivity index (χ3n) is 9.30. The van der Waals surface area contributed by atoms with E-state index in [1.165, 1.54) is 6.92 Å². The van der Waals surface area contributed by atoms with E-state index in [1.807, 2.05) is 86.6 Å². The van der Waals surface area contributed by atoms with Crippen molar-refractivity contribution in [2.75, 3.05) is 0 Å². The normalized spacial score (nSPS) is 13.7. The van der Waals surface area contributed by atoms with Gasteiger partial charge in [-0.15, -0.1) is 0 Å². The van der Waals surface area contributed by atoms with Crippen molar-refractivity contribution < 1.29 is 32.2 Å². The molecule has 4 nitrogen and oxygen atoms in total. The Hall–Kier alpha value is -4.39. The van der Waals surface area contributed by atoms with Gasteiger partial charge in [0, 0.05) is 22.3 Å². The highest BCUT2D eigenvalue weighted by molar-refractivity contribution is 5.78. The molecule has 2 unspecified atom stereocenters. The van der Waals surface area contributed by atoms with Crippen LogP contribution in [0.15, 0.2) is 121 Å². The molecule has 0 N–H and O–H groups in total. The summed E-state index contributed by atoms with van der Waals surface area (Å²) in [6, 6.07) is 37.8. The summed E-state index contributed by atoms with van der Waals surface area (Å²) in [5, 5.41) is 0. The van der Waals surface area contributed by atoms with Crippen LogP contribution >= 0.6 is 0 Å². The summed E-state index contributed by atoms with van der Waals surface area (Å²) >= 11 is 0. The molecule has 0 bridgehead atoms. The zero-order chi connectivity index (χ0) is 35.4. The topological polar surface area (TPSA) is 52.6 Å². The second-order valence-corrected chi connectivity index (χ2v) is 12.1. The molecule has 4 aromatic carbocycles. The lowest BCUT2D eigenvalue weighted by molar-refractivity contribution is -0.237. The minimum Gasteiger partial charge on any atom is -0.449 e. The minimum absolute atomic E-state index is 0.0988. The second kappa shape index (κ2) is 16.6. The molecule has 0 aliphatic carbocycles. The van der Waals surface area contributed by atoms with E-state index >= 15 is 0 Å². The monoisotopic (exact) mass is 660 g/mol. The highest BCUT2D eigenvalue weighted by Crippen LogP contribution is 2.46. The molecule has 0 saturated heterocycles. The van der Waals surface area contributed by atoms with Crippen LogP contribution in [0.4, 0.5) is 13.2 Å². The van der Waals surface area contributed by atoms with Crippen LogP contribution in [0.25, 0.3) is 0 Å². The van der Waals surface area contributed by atoms with Crippen LogP contribution in [0, 0.1) is 11.3 Å². The molecule has 0 aliphatic heterocycles. The number of alkyl halides is 3. The first-order chi connectivity index (χ1) is 22.8. The SMILES string of the molecule is CCC(C)C(=O)OC(CC)(c1ccccc1)c1ccccc1.CCC(OC(=O)C(C)(CC)C(F)(F)F)(c1ccccc1)c1ccccc1. The third-order valence-corrected chi connectivity index (χ3v) is 9.30. The Bertz CT molecular complexity index is 1480. The average molecular weight is 661 g/mol. The highest BCUT2D eigenvalue weighted by Gasteiger charge is 2.58. The maximum absolute atomic E-state index is 13.5. The van der Waals surface area contributed by atoms with Crippen molar-refractivity contribution in [2.45, 2.75) is 84.6 Å². The van der Waals surface area contributed by atoms with Gasteiger partial charge in [-0.2, -0.15) is 13.2 Å². The number of rotatable bonds is 12. The van der Waals surface area contributed by atoms with Crippen LogP contribution in [0.2, 0.25) is 0 Å². The molecule has 256 valence electrons. The first-order valence-electron chi connectivity index (χ1n) is 16.6. The molecule has 4 aromatic rings. The molecule has 0 heterocycles. The number of carbonyl (C=O) groups is 2.